The van der Waals surface area contributed by atoms with Gasteiger partial charge in [0.15, 0.2) is 0 Å². The van der Waals surface area contributed by atoms with Gasteiger partial charge in [-0.15, -0.1) is 0 Å². The number of nitriles is 1. The van der Waals surface area contributed by atoms with Crippen molar-refractivity contribution in [3.8, 4) is 6.07 Å². The molecule has 0 amide bonds. The molecule has 2 heteroatoms. The van der Waals surface area contributed by atoms with Crippen molar-refractivity contribution in [2.75, 3.05) is 6.54 Å². The standard InChI is InChI=1S/C21H36N2/c1-4-19(18-22)13-9-6-5-7-12-16-23-21(2,3)17-20-14-10-8-11-15-20/h6,9,13,20,23H,4-5,7-8,10-12,14-17H2,1-3H3/b9-6-,19-13+. The Morgan fingerprint density at radius 1 is 1.22 bits per heavy atom. The fourth-order valence-corrected chi connectivity index (χ4v) is 3.51. The molecule has 1 fully saturated rings. The van der Waals surface area contributed by atoms with Crippen LogP contribution >= 0.6 is 0 Å². The molecule has 2 nitrogen and oxygen atoms in total. The summed E-state index contributed by atoms with van der Waals surface area (Å²) in [5.74, 6) is 0.939. The Bertz CT molecular complexity index is 406. The molecule has 1 aliphatic carbocycles. The normalized spacial score (nSPS) is 17.6. The van der Waals surface area contributed by atoms with Crippen LogP contribution in [0.15, 0.2) is 23.8 Å². The highest BCUT2D eigenvalue weighted by atomic mass is 14.9. The van der Waals surface area contributed by atoms with Gasteiger partial charge in [-0.2, -0.15) is 5.26 Å². The highest BCUT2D eigenvalue weighted by molar-refractivity contribution is 5.24. The molecule has 1 saturated carbocycles. The van der Waals surface area contributed by atoms with Gasteiger partial charge in [0.25, 0.3) is 0 Å². The number of hydrogen-bond acceptors (Lipinski definition) is 2. The van der Waals surface area contributed by atoms with Gasteiger partial charge in [0.05, 0.1) is 6.07 Å². The minimum absolute atomic E-state index is 0.281. The van der Waals surface area contributed by atoms with Crippen molar-refractivity contribution >= 4 is 0 Å². The molecule has 0 saturated heterocycles. The van der Waals surface area contributed by atoms with Crippen LogP contribution < -0.4 is 5.32 Å². The molecule has 0 heterocycles. The summed E-state index contributed by atoms with van der Waals surface area (Å²) in [5.41, 5.74) is 1.14. The van der Waals surface area contributed by atoms with Crippen molar-refractivity contribution in [3.05, 3.63) is 23.8 Å². The largest absolute Gasteiger partial charge is 0.312 e. The summed E-state index contributed by atoms with van der Waals surface area (Å²) in [6.45, 7) is 7.85. The Morgan fingerprint density at radius 2 is 1.96 bits per heavy atom. The average molecular weight is 317 g/mol. The third-order valence-corrected chi connectivity index (χ3v) is 4.88. The smallest absolute Gasteiger partial charge is 0.0946 e. The third kappa shape index (κ3) is 9.61. The van der Waals surface area contributed by atoms with E-state index in [1.54, 1.807) is 0 Å². The highest BCUT2D eigenvalue weighted by Crippen LogP contribution is 2.30. The summed E-state index contributed by atoms with van der Waals surface area (Å²) in [5, 5.41) is 12.6. The number of nitrogens with one attached hydrogen (secondary N) is 1. The minimum Gasteiger partial charge on any atom is -0.312 e. The van der Waals surface area contributed by atoms with Crippen molar-refractivity contribution in [1.82, 2.24) is 5.32 Å². The van der Waals surface area contributed by atoms with Crippen LogP contribution in [0.3, 0.4) is 0 Å². The van der Waals surface area contributed by atoms with Crippen LogP contribution in [0.5, 0.6) is 0 Å². The van der Waals surface area contributed by atoms with Crippen LogP contribution in [-0.4, -0.2) is 12.1 Å². The molecular weight excluding hydrogens is 280 g/mol. The lowest BCUT2D eigenvalue weighted by Gasteiger charge is -2.33. The fraction of sp³-hybridized carbons (Fsp3) is 0.762. The van der Waals surface area contributed by atoms with E-state index in [0.717, 1.165) is 30.9 Å². The van der Waals surface area contributed by atoms with Crippen LogP contribution in [0.1, 0.15) is 85.0 Å². The van der Waals surface area contributed by atoms with Gasteiger partial charge in [0.1, 0.15) is 0 Å². The van der Waals surface area contributed by atoms with Crippen molar-refractivity contribution in [2.45, 2.75) is 90.5 Å². The van der Waals surface area contributed by atoms with E-state index in [9.17, 15) is 0 Å². The van der Waals surface area contributed by atoms with E-state index in [-0.39, 0.29) is 5.54 Å². The third-order valence-electron chi connectivity index (χ3n) is 4.88. The Labute approximate surface area is 144 Å². The second-order valence-electron chi connectivity index (χ2n) is 7.60. The van der Waals surface area contributed by atoms with E-state index >= 15 is 0 Å². The van der Waals surface area contributed by atoms with Gasteiger partial charge < -0.3 is 5.32 Å². The maximum Gasteiger partial charge on any atom is 0.0946 e. The lowest BCUT2D eigenvalue weighted by atomic mass is 9.81. The van der Waals surface area contributed by atoms with E-state index in [1.807, 2.05) is 19.1 Å². The summed E-state index contributed by atoms with van der Waals surface area (Å²) in [4.78, 5) is 0. The Hall–Kier alpha value is -1.07. The molecule has 0 atom stereocenters. The van der Waals surface area contributed by atoms with Crippen LogP contribution in [-0.2, 0) is 0 Å². The lowest BCUT2D eigenvalue weighted by Crippen LogP contribution is -2.41. The Kier molecular flexibility index (Phi) is 9.96. The van der Waals surface area contributed by atoms with Crippen molar-refractivity contribution in [1.29, 1.82) is 5.26 Å². The molecule has 0 radical (unpaired) electrons. The predicted octanol–water partition coefficient (Wildman–Crippen LogP) is 5.91. The zero-order chi connectivity index (χ0) is 17.0. The average Bonchev–Trinajstić information content (AvgIpc) is 2.54. The van der Waals surface area contributed by atoms with Gasteiger partial charge in [0.2, 0.25) is 0 Å². The van der Waals surface area contributed by atoms with E-state index < -0.39 is 0 Å². The van der Waals surface area contributed by atoms with Gasteiger partial charge in [0, 0.05) is 11.1 Å². The molecule has 1 N–H and O–H groups in total. The summed E-state index contributed by atoms with van der Waals surface area (Å²) < 4.78 is 0. The number of allylic oxidation sites excluding steroid dienone is 4. The zero-order valence-electron chi connectivity index (χ0n) is 15.5. The summed E-state index contributed by atoms with van der Waals surface area (Å²) in [6.07, 6.45) is 19.0. The first-order valence-electron chi connectivity index (χ1n) is 9.58. The number of nitrogens with zero attached hydrogens (tertiary/aromatic N) is 1. The molecule has 23 heavy (non-hydrogen) atoms. The molecule has 0 aromatic heterocycles. The fourth-order valence-electron chi connectivity index (χ4n) is 3.51. The molecule has 0 spiro atoms. The Balaban J connectivity index is 2.10. The molecule has 0 aromatic carbocycles. The van der Waals surface area contributed by atoms with Gasteiger partial charge in [-0.25, -0.2) is 0 Å². The first-order chi connectivity index (χ1) is 11.1. The molecule has 130 valence electrons. The number of unbranched alkanes of at least 4 members (excludes halogenated alkanes) is 2. The predicted molar refractivity (Wildman–Crippen MR) is 100 cm³/mol. The Morgan fingerprint density at radius 3 is 2.61 bits per heavy atom. The molecule has 1 rings (SSSR count). The van der Waals surface area contributed by atoms with E-state index in [0.29, 0.717) is 0 Å². The molecule has 0 unspecified atom stereocenters. The number of hydrogen-bond donors (Lipinski definition) is 1. The summed E-state index contributed by atoms with van der Waals surface area (Å²) in [6, 6.07) is 2.21. The van der Waals surface area contributed by atoms with Crippen LogP contribution in [0.4, 0.5) is 0 Å². The molecule has 0 aromatic rings. The maximum atomic E-state index is 8.83. The van der Waals surface area contributed by atoms with Gasteiger partial charge in [-0.05, 0) is 64.5 Å². The highest BCUT2D eigenvalue weighted by Gasteiger charge is 2.23. The quantitative estimate of drug-likeness (QED) is 0.309. The molecule has 0 aliphatic heterocycles. The summed E-state index contributed by atoms with van der Waals surface area (Å²) >= 11 is 0. The van der Waals surface area contributed by atoms with E-state index in [1.165, 1.54) is 51.4 Å². The van der Waals surface area contributed by atoms with Gasteiger partial charge in [-0.1, -0.05) is 51.2 Å². The van der Waals surface area contributed by atoms with Crippen molar-refractivity contribution < 1.29 is 0 Å². The van der Waals surface area contributed by atoms with E-state index in [2.05, 4.69) is 31.3 Å². The second-order valence-corrected chi connectivity index (χ2v) is 7.60. The van der Waals surface area contributed by atoms with Gasteiger partial charge >= 0.3 is 0 Å². The van der Waals surface area contributed by atoms with E-state index in [4.69, 9.17) is 5.26 Å². The first-order valence-corrected chi connectivity index (χ1v) is 9.58. The minimum atomic E-state index is 0.281. The topological polar surface area (TPSA) is 35.8 Å². The second kappa shape index (κ2) is 11.5. The van der Waals surface area contributed by atoms with Crippen molar-refractivity contribution in [2.24, 2.45) is 5.92 Å². The maximum absolute atomic E-state index is 8.83. The van der Waals surface area contributed by atoms with Crippen LogP contribution in [0.25, 0.3) is 0 Å². The van der Waals surface area contributed by atoms with Crippen LogP contribution in [0.2, 0.25) is 0 Å². The number of rotatable bonds is 10. The molecular formula is C21H36N2. The monoisotopic (exact) mass is 316 g/mol. The summed E-state index contributed by atoms with van der Waals surface area (Å²) in [7, 11) is 0. The van der Waals surface area contributed by atoms with Crippen LogP contribution in [0, 0.1) is 17.2 Å². The SMILES string of the molecule is CC/C(C#N)=C\C=C/CCCCNC(C)(C)CC1CCCCC1. The molecule has 0 bridgehead atoms. The zero-order valence-corrected chi connectivity index (χ0v) is 15.5. The van der Waals surface area contributed by atoms with Gasteiger partial charge in [-0.3, -0.25) is 0 Å². The molecule has 1 aliphatic rings. The lowest BCUT2D eigenvalue weighted by molar-refractivity contribution is 0.246. The van der Waals surface area contributed by atoms with Crippen molar-refractivity contribution in [3.63, 3.8) is 0 Å². The first kappa shape index (κ1) is 20.0.